The molecule has 0 bridgehead atoms. The first-order valence-electron chi connectivity index (χ1n) is 6.59. The summed E-state index contributed by atoms with van der Waals surface area (Å²) in [5, 5.41) is 0. The second kappa shape index (κ2) is 4.54. The normalized spacial score (nSPS) is 17.7. The van der Waals surface area contributed by atoms with Crippen LogP contribution in [0.4, 0.5) is 5.69 Å². The standard InChI is InChI=1S/C17H17NO/c1-12-6-5-7-13(10-12)11-15-14-8-3-4-9-16(14)18(2)17(15)19/h3-10,15H,11H2,1-2H3/t15-/m1/s1. The van der Waals surface area contributed by atoms with Gasteiger partial charge in [-0.2, -0.15) is 0 Å². The minimum absolute atomic E-state index is 0.0389. The average molecular weight is 251 g/mol. The Kier molecular flexibility index (Phi) is 2.86. The molecule has 2 nitrogen and oxygen atoms in total. The molecule has 2 aromatic rings. The summed E-state index contributed by atoms with van der Waals surface area (Å²) >= 11 is 0. The molecule has 0 aliphatic carbocycles. The molecule has 1 aliphatic heterocycles. The third-order valence-corrected chi connectivity index (χ3v) is 3.82. The predicted molar refractivity (Wildman–Crippen MR) is 77.5 cm³/mol. The molecular weight excluding hydrogens is 234 g/mol. The minimum atomic E-state index is -0.0389. The Balaban J connectivity index is 1.95. The number of likely N-dealkylation sites (N-methyl/N-ethyl adjacent to an activating group) is 1. The molecule has 0 radical (unpaired) electrons. The van der Waals surface area contributed by atoms with Crippen LogP contribution in [-0.2, 0) is 11.2 Å². The van der Waals surface area contributed by atoms with Crippen LogP contribution >= 0.6 is 0 Å². The van der Waals surface area contributed by atoms with Crippen LogP contribution in [0.3, 0.4) is 0 Å². The third kappa shape index (κ3) is 2.03. The highest BCUT2D eigenvalue weighted by Gasteiger charge is 2.34. The fourth-order valence-electron chi connectivity index (χ4n) is 2.85. The van der Waals surface area contributed by atoms with Crippen molar-refractivity contribution in [2.75, 3.05) is 11.9 Å². The van der Waals surface area contributed by atoms with Gasteiger partial charge in [-0.15, -0.1) is 0 Å². The Hall–Kier alpha value is -2.09. The molecule has 0 saturated carbocycles. The van der Waals surface area contributed by atoms with Crippen molar-refractivity contribution in [3.8, 4) is 0 Å². The SMILES string of the molecule is Cc1cccc(C[C@H]2C(=O)N(C)c3ccccc32)c1. The van der Waals surface area contributed by atoms with Crippen molar-refractivity contribution < 1.29 is 4.79 Å². The van der Waals surface area contributed by atoms with Gasteiger partial charge in [0.05, 0.1) is 5.92 Å². The second-order valence-electron chi connectivity index (χ2n) is 5.20. The number of para-hydroxylation sites is 1. The summed E-state index contributed by atoms with van der Waals surface area (Å²) in [6, 6.07) is 16.5. The maximum absolute atomic E-state index is 12.4. The number of carbonyl (C=O) groups excluding carboxylic acids is 1. The number of anilines is 1. The Morgan fingerprint density at radius 2 is 1.89 bits per heavy atom. The maximum atomic E-state index is 12.4. The highest BCUT2D eigenvalue weighted by atomic mass is 16.2. The maximum Gasteiger partial charge on any atom is 0.234 e. The van der Waals surface area contributed by atoms with Gasteiger partial charge in [-0.1, -0.05) is 48.0 Å². The molecule has 0 aromatic heterocycles. The van der Waals surface area contributed by atoms with Crippen molar-refractivity contribution in [3.63, 3.8) is 0 Å². The minimum Gasteiger partial charge on any atom is -0.315 e. The smallest absolute Gasteiger partial charge is 0.234 e. The molecule has 0 fully saturated rings. The number of fused-ring (bicyclic) bond motifs is 1. The van der Waals surface area contributed by atoms with Gasteiger partial charge in [-0.3, -0.25) is 4.79 Å². The molecule has 19 heavy (non-hydrogen) atoms. The average Bonchev–Trinajstić information content (AvgIpc) is 2.65. The lowest BCUT2D eigenvalue weighted by Gasteiger charge is -2.11. The molecule has 0 saturated heterocycles. The molecular formula is C17H17NO. The van der Waals surface area contributed by atoms with Gasteiger partial charge in [0.15, 0.2) is 0 Å². The predicted octanol–water partition coefficient (Wildman–Crippen LogP) is 3.30. The lowest BCUT2D eigenvalue weighted by Crippen LogP contribution is -2.24. The van der Waals surface area contributed by atoms with Gasteiger partial charge in [-0.05, 0) is 30.5 Å². The molecule has 3 rings (SSSR count). The van der Waals surface area contributed by atoms with E-state index in [0.717, 1.165) is 17.7 Å². The Bertz CT molecular complexity index is 633. The Morgan fingerprint density at radius 3 is 2.68 bits per heavy atom. The van der Waals surface area contributed by atoms with Gasteiger partial charge in [0.1, 0.15) is 0 Å². The molecule has 1 aliphatic rings. The van der Waals surface area contributed by atoms with E-state index in [2.05, 4.69) is 37.3 Å². The molecule has 96 valence electrons. The molecule has 1 heterocycles. The van der Waals surface area contributed by atoms with E-state index in [-0.39, 0.29) is 11.8 Å². The summed E-state index contributed by atoms with van der Waals surface area (Å²) in [4.78, 5) is 14.2. The molecule has 0 N–H and O–H groups in total. The van der Waals surface area contributed by atoms with Crippen molar-refractivity contribution in [1.82, 2.24) is 0 Å². The molecule has 0 spiro atoms. The Labute approximate surface area is 113 Å². The van der Waals surface area contributed by atoms with Crippen LogP contribution in [0.2, 0.25) is 0 Å². The third-order valence-electron chi connectivity index (χ3n) is 3.82. The molecule has 1 amide bonds. The molecule has 0 unspecified atom stereocenters. The molecule has 1 atom stereocenters. The zero-order chi connectivity index (χ0) is 13.4. The summed E-state index contributed by atoms with van der Waals surface area (Å²) in [6.07, 6.45) is 0.780. The van der Waals surface area contributed by atoms with E-state index >= 15 is 0 Å². The fraction of sp³-hybridized carbons (Fsp3) is 0.235. The number of hydrogen-bond acceptors (Lipinski definition) is 1. The van der Waals surface area contributed by atoms with Gasteiger partial charge in [0.25, 0.3) is 0 Å². The summed E-state index contributed by atoms with van der Waals surface area (Å²) in [6.45, 7) is 2.08. The van der Waals surface area contributed by atoms with E-state index in [0.29, 0.717) is 0 Å². The number of carbonyl (C=O) groups is 1. The largest absolute Gasteiger partial charge is 0.315 e. The van der Waals surface area contributed by atoms with Crippen LogP contribution in [0.1, 0.15) is 22.6 Å². The topological polar surface area (TPSA) is 20.3 Å². The van der Waals surface area contributed by atoms with Crippen LogP contribution in [0.5, 0.6) is 0 Å². The number of amides is 1. The first-order valence-corrected chi connectivity index (χ1v) is 6.59. The zero-order valence-electron chi connectivity index (χ0n) is 11.3. The van der Waals surface area contributed by atoms with E-state index in [1.54, 1.807) is 4.90 Å². The lowest BCUT2D eigenvalue weighted by molar-refractivity contribution is -0.119. The van der Waals surface area contributed by atoms with Crippen molar-refractivity contribution in [3.05, 3.63) is 65.2 Å². The lowest BCUT2D eigenvalue weighted by atomic mass is 9.93. The van der Waals surface area contributed by atoms with Crippen LogP contribution in [-0.4, -0.2) is 13.0 Å². The number of aryl methyl sites for hydroxylation is 1. The molecule has 2 heteroatoms. The quantitative estimate of drug-likeness (QED) is 0.802. The molecule has 2 aromatic carbocycles. The van der Waals surface area contributed by atoms with E-state index in [1.807, 2.05) is 25.2 Å². The van der Waals surface area contributed by atoms with Gasteiger partial charge in [0, 0.05) is 12.7 Å². The highest BCUT2D eigenvalue weighted by molar-refractivity contribution is 6.04. The van der Waals surface area contributed by atoms with Gasteiger partial charge < -0.3 is 4.90 Å². The summed E-state index contributed by atoms with van der Waals surface area (Å²) in [5.41, 5.74) is 4.66. The Morgan fingerprint density at radius 1 is 1.11 bits per heavy atom. The van der Waals surface area contributed by atoms with E-state index in [4.69, 9.17) is 0 Å². The van der Waals surface area contributed by atoms with Gasteiger partial charge in [0.2, 0.25) is 5.91 Å². The number of benzene rings is 2. The van der Waals surface area contributed by atoms with Gasteiger partial charge in [-0.25, -0.2) is 0 Å². The summed E-state index contributed by atoms with van der Waals surface area (Å²) < 4.78 is 0. The van der Waals surface area contributed by atoms with Crippen LogP contribution in [0.15, 0.2) is 48.5 Å². The number of hydrogen-bond donors (Lipinski definition) is 0. The fourth-order valence-corrected chi connectivity index (χ4v) is 2.85. The van der Waals surface area contributed by atoms with E-state index in [9.17, 15) is 4.79 Å². The van der Waals surface area contributed by atoms with Crippen LogP contribution < -0.4 is 4.90 Å². The summed E-state index contributed by atoms with van der Waals surface area (Å²) in [7, 11) is 1.86. The monoisotopic (exact) mass is 251 g/mol. The van der Waals surface area contributed by atoms with Crippen LogP contribution in [0.25, 0.3) is 0 Å². The summed E-state index contributed by atoms with van der Waals surface area (Å²) in [5.74, 6) is 0.158. The van der Waals surface area contributed by atoms with Crippen molar-refractivity contribution in [1.29, 1.82) is 0 Å². The van der Waals surface area contributed by atoms with E-state index < -0.39 is 0 Å². The highest BCUT2D eigenvalue weighted by Crippen LogP contribution is 2.37. The zero-order valence-corrected chi connectivity index (χ0v) is 11.3. The van der Waals surface area contributed by atoms with Crippen molar-refractivity contribution >= 4 is 11.6 Å². The number of nitrogens with zero attached hydrogens (tertiary/aromatic N) is 1. The van der Waals surface area contributed by atoms with Crippen molar-refractivity contribution in [2.24, 2.45) is 0 Å². The van der Waals surface area contributed by atoms with Gasteiger partial charge >= 0.3 is 0 Å². The van der Waals surface area contributed by atoms with Crippen molar-refractivity contribution in [2.45, 2.75) is 19.3 Å². The van der Waals surface area contributed by atoms with E-state index in [1.165, 1.54) is 11.1 Å². The first-order chi connectivity index (χ1) is 9.16. The van der Waals surface area contributed by atoms with Crippen LogP contribution in [0, 0.1) is 6.92 Å². The first kappa shape index (κ1) is 12.0. The number of rotatable bonds is 2. The second-order valence-corrected chi connectivity index (χ2v) is 5.20.